The molecule has 0 saturated heterocycles. The molecule has 0 spiro atoms. The highest BCUT2D eigenvalue weighted by molar-refractivity contribution is 5.70. The van der Waals surface area contributed by atoms with Crippen LogP contribution in [0.5, 0.6) is 11.5 Å². The van der Waals surface area contributed by atoms with Crippen LogP contribution in [0.3, 0.4) is 0 Å². The molecule has 110 valence electrons. The zero-order valence-corrected chi connectivity index (χ0v) is 13.1. The van der Waals surface area contributed by atoms with Crippen LogP contribution in [0, 0.1) is 6.92 Å². The smallest absolute Gasteiger partial charge is 0.120 e. The number of hydrogen-bond donors (Lipinski definition) is 1. The standard InChI is InChI=1S/C19H22O2/c1-14-11-16(13-17(20)12-14)6-5-15-7-9-18(10-8-15)21-19(2,3)4/h5-13,20H,1-4H3/b6-5+. The van der Waals surface area contributed by atoms with Gasteiger partial charge in [0.15, 0.2) is 0 Å². The van der Waals surface area contributed by atoms with E-state index in [1.54, 1.807) is 12.1 Å². The molecule has 2 rings (SSSR count). The minimum Gasteiger partial charge on any atom is -0.508 e. The van der Waals surface area contributed by atoms with Crippen LogP contribution < -0.4 is 4.74 Å². The molecule has 0 atom stereocenters. The van der Waals surface area contributed by atoms with Crippen molar-refractivity contribution in [3.63, 3.8) is 0 Å². The molecule has 0 aromatic heterocycles. The Hall–Kier alpha value is -2.22. The summed E-state index contributed by atoms with van der Waals surface area (Å²) in [6, 6.07) is 13.5. The first-order chi connectivity index (χ1) is 9.82. The molecule has 0 unspecified atom stereocenters. The summed E-state index contributed by atoms with van der Waals surface area (Å²) in [5.41, 5.74) is 2.94. The molecule has 0 aliphatic rings. The first kappa shape index (κ1) is 15.2. The number of phenolic OH excluding ortho intramolecular Hbond substituents is 1. The number of phenols is 1. The fraction of sp³-hybridized carbons (Fsp3) is 0.263. The normalized spacial score (nSPS) is 11.8. The van der Waals surface area contributed by atoms with Crippen LogP contribution in [0.4, 0.5) is 0 Å². The van der Waals surface area contributed by atoms with E-state index >= 15 is 0 Å². The molecule has 0 aliphatic heterocycles. The summed E-state index contributed by atoms with van der Waals surface area (Å²) < 4.78 is 5.79. The van der Waals surface area contributed by atoms with E-state index in [1.807, 2.05) is 70.2 Å². The summed E-state index contributed by atoms with van der Waals surface area (Å²) in [5, 5.41) is 9.59. The largest absolute Gasteiger partial charge is 0.508 e. The van der Waals surface area contributed by atoms with Crippen molar-refractivity contribution in [2.24, 2.45) is 0 Å². The number of ether oxygens (including phenoxy) is 1. The van der Waals surface area contributed by atoms with E-state index in [-0.39, 0.29) is 5.60 Å². The maximum atomic E-state index is 9.59. The van der Waals surface area contributed by atoms with E-state index in [9.17, 15) is 5.11 Å². The van der Waals surface area contributed by atoms with Crippen LogP contribution in [0.25, 0.3) is 12.2 Å². The van der Waals surface area contributed by atoms with Crippen molar-refractivity contribution in [2.45, 2.75) is 33.3 Å². The number of aromatic hydroxyl groups is 1. The topological polar surface area (TPSA) is 29.5 Å². The molecule has 0 radical (unpaired) electrons. The van der Waals surface area contributed by atoms with Gasteiger partial charge in [-0.3, -0.25) is 0 Å². The van der Waals surface area contributed by atoms with Gasteiger partial charge in [0.05, 0.1) is 0 Å². The lowest BCUT2D eigenvalue weighted by Crippen LogP contribution is -2.22. The van der Waals surface area contributed by atoms with Crippen molar-refractivity contribution in [1.29, 1.82) is 0 Å². The first-order valence-electron chi connectivity index (χ1n) is 7.10. The molecule has 0 saturated carbocycles. The quantitative estimate of drug-likeness (QED) is 0.798. The summed E-state index contributed by atoms with van der Waals surface area (Å²) in [5.74, 6) is 1.16. The molecule has 21 heavy (non-hydrogen) atoms. The molecule has 2 nitrogen and oxygen atoms in total. The highest BCUT2D eigenvalue weighted by Crippen LogP contribution is 2.20. The average molecular weight is 282 g/mol. The lowest BCUT2D eigenvalue weighted by Gasteiger charge is -2.21. The van der Waals surface area contributed by atoms with Gasteiger partial charge in [0.25, 0.3) is 0 Å². The first-order valence-corrected chi connectivity index (χ1v) is 7.10. The van der Waals surface area contributed by atoms with Crippen molar-refractivity contribution in [3.8, 4) is 11.5 Å². The lowest BCUT2D eigenvalue weighted by atomic mass is 10.1. The van der Waals surface area contributed by atoms with Gasteiger partial charge in [0.2, 0.25) is 0 Å². The van der Waals surface area contributed by atoms with Crippen molar-refractivity contribution in [3.05, 3.63) is 59.2 Å². The Bertz CT molecular complexity index is 611. The molecular formula is C19H22O2. The van der Waals surface area contributed by atoms with Gasteiger partial charge in [-0.05, 0) is 68.7 Å². The Kier molecular flexibility index (Phi) is 4.37. The molecule has 0 bridgehead atoms. The van der Waals surface area contributed by atoms with Gasteiger partial charge in [0, 0.05) is 0 Å². The second-order valence-electron chi connectivity index (χ2n) is 6.22. The van der Waals surface area contributed by atoms with Gasteiger partial charge in [0.1, 0.15) is 17.1 Å². The molecule has 0 fully saturated rings. The average Bonchev–Trinajstić information content (AvgIpc) is 2.35. The maximum absolute atomic E-state index is 9.59. The number of hydrogen-bond acceptors (Lipinski definition) is 2. The van der Waals surface area contributed by atoms with Crippen molar-refractivity contribution in [2.75, 3.05) is 0 Å². The van der Waals surface area contributed by atoms with Crippen molar-refractivity contribution < 1.29 is 9.84 Å². The van der Waals surface area contributed by atoms with E-state index in [2.05, 4.69) is 0 Å². The zero-order chi connectivity index (χ0) is 15.5. The van der Waals surface area contributed by atoms with Crippen LogP contribution in [-0.2, 0) is 0 Å². The van der Waals surface area contributed by atoms with E-state index in [4.69, 9.17) is 4.74 Å². The van der Waals surface area contributed by atoms with Crippen LogP contribution in [-0.4, -0.2) is 10.7 Å². The van der Waals surface area contributed by atoms with Gasteiger partial charge in [-0.25, -0.2) is 0 Å². The molecule has 1 N–H and O–H groups in total. The summed E-state index contributed by atoms with van der Waals surface area (Å²) >= 11 is 0. The van der Waals surface area contributed by atoms with Gasteiger partial charge in [-0.15, -0.1) is 0 Å². The summed E-state index contributed by atoms with van der Waals surface area (Å²) in [7, 11) is 0. The molecule has 0 amide bonds. The second-order valence-corrected chi connectivity index (χ2v) is 6.22. The molecule has 0 heterocycles. The number of benzene rings is 2. The second kappa shape index (κ2) is 6.04. The minimum absolute atomic E-state index is 0.184. The molecule has 2 aromatic rings. The SMILES string of the molecule is Cc1cc(O)cc(/C=C/c2ccc(OC(C)(C)C)cc2)c1. The van der Waals surface area contributed by atoms with Crippen molar-refractivity contribution >= 4 is 12.2 Å². The fourth-order valence-corrected chi connectivity index (χ4v) is 2.08. The van der Waals surface area contributed by atoms with Gasteiger partial charge in [-0.1, -0.05) is 30.4 Å². The van der Waals surface area contributed by atoms with Crippen LogP contribution in [0.15, 0.2) is 42.5 Å². The molecular weight excluding hydrogens is 260 g/mol. The van der Waals surface area contributed by atoms with Crippen LogP contribution in [0.2, 0.25) is 0 Å². The number of rotatable bonds is 3. The Morgan fingerprint density at radius 1 is 0.905 bits per heavy atom. The summed E-state index contributed by atoms with van der Waals surface area (Å²) in [4.78, 5) is 0. The van der Waals surface area contributed by atoms with Gasteiger partial charge >= 0.3 is 0 Å². The van der Waals surface area contributed by atoms with Crippen LogP contribution >= 0.6 is 0 Å². The number of aryl methyl sites for hydroxylation is 1. The Balaban J connectivity index is 2.11. The predicted octanol–water partition coefficient (Wildman–Crippen LogP) is 5.05. The summed E-state index contributed by atoms with van der Waals surface area (Å²) in [6.07, 6.45) is 4.02. The predicted molar refractivity (Wildman–Crippen MR) is 88.6 cm³/mol. The third-order valence-electron chi connectivity index (χ3n) is 2.86. The third kappa shape index (κ3) is 4.99. The molecule has 2 heteroatoms. The molecule has 0 aliphatic carbocycles. The maximum Gasteiger partial charge on any atom is 0.120 e. The van der Waals surface area contributed by atoms with E-state index in [0.717, 1.165) is 22.4 Å². The van der Waals surface area contributed by atoms with E-state index < -0.39 is 0 Å². The van der Waals surface area contributed by atoms with E-state index in [0.29, 0.717) is 5.75 Å². The van der Waals surface area contributed by atoms with E-state index in [1.165, 1.54) is 0 Å². The highest BCUT2D eigenvalue weighted by Gasteiger charge is 2.10. The monoisotopic (exact) mass is 282 g/mol. The lowest BCUT2D eigenvalue weighted by molar-refractivity contribution is 0.131. The van der Waals surface area contributed by atoms with Crippen LogP contribution in [0.1, 0.15) is 37.5 Å². The zero-order valence-electron chi connectivity index (χ0n) is 13.1. The Morgan fingerprint density at radius 2 is 1.52 bits per heavy atom. The minimum atomic E-state index is -0.184. The third-order valence-corrected chi connectivity index (χ3v) is 2.86. The van der Waals surface area contributed by atoms with Gasteiger partial charge in [-0.2, -0.15) is 0 Å². The molecule has 2 aromatic carbocycles. The van der Waals surface area contributed by atoms with Gasteiger partial charge < -0.3 is 9.84 Å². The fourth-order valence-electron chi connectivity index (χ4n) is 2.08. The Morgan fingerprint density at radius 3 is 2.10 bits per heavy atom. The Labute approximate surface area is 126 Å². The van der Waals surface area contributed by atoms with Crippen molar-refractivity contribution in [1.82, 2.24) is 0 Å². The summed E-state index contributed by atoms with van der Waals surface area (Å²) in [6.45, 7) is 8.07. The highest BCUT2D eigenvalue weighted by atomic mass is 16.5.